The Kier molecular flexibility index (Phi) is 5.77. The Bertz CT molecular complexity index is 453. The first-order chi connectivity index (χ1) is 10.1. The molecular weight excluding hydrogens is 265 g/mol. The van der Waals surface area contributed by atoms with Gasteiger partial charge in [-0.2, -0.15) is 0 Å². The van der Waals surface area contributed by atoms with Crippen LogP contribution < -0.4 is 5.32 Å². The summed E-state index contributed by atoms with van der Waals surface area (Å²) < 4.78 is 20.6. The molecule has 0 aromatic heterocycles. The number of halogens is 1. The van der Waals surface area contributed by atoms with Crippen molar-refractivity contribution in [2.75, 3.05) is 13.7 Å². The number of rotatable bonds is 5. The molecule has 0 aliphatic heterocycles. The highest BCUT2D eigenvalue weighted by Gasteiger charge is 2.41. The van der Waals surface area contributed by atoms with Crippen molar-refractivity contribution in [1.29, 1.82) is 0 Å². The van der Waals surface area contributed by atoms with Crippen LogP contribution >= 0.6 is 0 Å². The third-order valence-corrected chi connectivity index (χ3v) is 4.66. The second-order valence-electron chi connectivity index (χ2n) is 6.16. The first kappa shape index (κ1) is 16.4. The normalized spacial score (nSPS) is 20.0. The number of aryl methyl sites for hydroxylation is 1. The predicted octanol–water partition coefficient (Wildman–Crippen LogP) is 4.52. The van der Waals surface area contributed by atoms with Crippen LogP contribution in [-0.2, 0) is 4.74 Å². The smallest absolute Gasteiger partial charge is 0.128 e. The van der Waals surface area contributed by atoms with Gasteiger partial charge in [-0.05, 0) is 39.8 Å². The third kappa shape index (κ3) is 3.64. The van der Waals surface area contributed by atoms with E-state index in [9.17, 15) is 4.39 Å². The molecule has 3 heteroatoms. The van der Waals surface area contributed by atoms with Gasteiger partial charge in [-0.25, -0.2) is 4.39 Å². The van der Waals surface area contributed by atoms with Crippen LogP contribution in [0.25, 0.3) is 0 Å². The van der Waals surface area contributed by atoms with E-state index in [-0.39, 0.29) is 17.5 Å². The fourth-order valence-corrected chi connectivity index (χ4v) is 3.72. The zero-order valence-corrected chi connectivity index (χ0v) is 13.5. The lowest BCUT2D eigenvalue weighted by Gasteiger charge is -2.40. The molecule has 1 unspecified atom stereocenters. The molecule has 118 valence electrons. The standard InChI is InChI=1S/C18H28FNO/c1-4-21-18(11-7-5-6-8-12-18)17(20-3)15-13-14(2)9-10-16(15)19/h9-10,13,17,20H,4-8,11-12H2,1-3H3. The molecule has 1 atom stereocenters. The average molecular weight is 293 g/mol. The lowest BCUT2D eigenvalue weighted by molar-refractivity contribution is -0.0773. The Hall–Kier alpha value is -0.930. The van der Waals surface area contributed by atoms with Gasteiger partial charge in [-0.15, -0.1) is 0 Å². The van der Waals surface area contributed by atoms with Crippen LogP contribution in [0.4, 0.5) is 4.39 Å². The van der Waals surface area contributed by atoms with Gasteiger partial charge < -0.3 is 10.1 Å². The summed E-state index contributed by atoms with van der Waals surface area (Å²) in [7, 11) is 1.91. The first-order valence-corrected chi connectivity index (χ1v) is 8.20. The Balaban J connectivity index is 2.41. The van der Waals surface area contributed by atoms with Gasteiger partial charge in [0.25, 0.3) is 0 Å². The van der Waals surface area contributed by atoms with Crippen LogP contribution in [0.3, 0.4) is 0 Å². The number of ether oxygens (including phenoxy) is 1. The minimum absolute atomic E-state index is 0.0875. The molecule has 1 aliphatic rings. The number of hydrogen-bond acceptors (Lipinski definition) is 2. The van der Waals surface area contributed by atoms with Gasteiger partial charge >= 0.3 is 0 Å². The molecule has 0 bridgehead atoms. The van der Waals surface area contributed by atoms with E-state index in [1.807, 2.05) is 33.0 Å². The molecule has 1 aliphatic carbocycles. The lowest BCUT2D eigenvalue weighted by atomic mass is 9.81. The predicted molar refractivity (Wildman–Crippen MR) is 85.0 cm³/mol. The van der Waals surface area contributed by atoms with E-state index < -0.39 is 0 Å². The van der Waals surface area contributed by atoms with Crippen molar-refractivity contribution in [3.63, 3.8) is 0 Å². The average Bonchev–Trinajstić information content (AvgIpc) is 2.70. The molecule has 1 N–H and O–H groups in total. The maximum Gasteiger partial charge on any atom is 0.128 e. The van der Waals surface area contributed by atoms with Gasteiger partial charge in [0.05, 0.1) is 11.6 Å². The van der Waals surface area contributed by atoms with E-state index in [0.29, 0.717) is 6.61 Å². The molecule has 0 spiro atoms. The van der Waals surface area contributed by atoms with E-state index in [1.54, 1.807) is 6.07 Å². The van der Waals surface area contributed by atoms with Crippen molar-refractivity contribution in [3.8, 4) is 0 Å². The second kappa shape index (κ2) is 7.37. The van der Waals surface area contributed by atoms with Crippen molar-refractivity contribution in [1.82, 2.24) is 5.32 Å². The Morgan fingerprint density at radius 1 is 1.24 bits per heavy atom. The molecule has 2 nitrogen and oxygen atoms in total. The number of likely N-dealkylation sites (N-methyl/N-ethyl adjacent to an activating group) is 1. The summed E-state index contributed by atoms with van der Waals surface area (Å²) in [5, 5.41) is 3.34. The molecular formula is C18H28FNO. The number of nitrogens with one attached hydrogen (secondary N) is 1. The van der Waals surface area contributed by atoms with Crippen molar-refractivity contribution >= 4 is 0 Å². The molecule has 2 rings (SSSR count). The fraction of sp³-hybridized carbons (Fsp3) is 0.667. The fourth-order valence-electron chi connectivity index (χ4n) is 3.72. The molecule has 0 amide bonds. The Morgan fingerprint density at radius 2 is 1.90 bits per heavy atom. The van der Waals surface area contributed by atoms with E-state index in [1.165, 1.54) is 12.8 Å². The van der Waals surface area contributed by atoms with Crippen LogP contribution in [0, 0.1) is 12.7 Å². The minimum atomic E-state index is -0.283. The highest BCUT2D eigenvalue weighted by atomic mass is 19.1. The van der Waals surface area contributed by atoms with Crippen LogP contribution in [0.15, 0.2) is 18.2 Å². The molecule has 1 saturated carbocycles. The van der Waals surface area contributed by atoms with Crippen molar-refractivity contribution in [2.24, 2.45) is 0 Å². The molecule has 1 aromatic rings. The molecule has 0 heterocycles. The van der Waals surface area contributed by atoms with E-state index in [0.717, 1.165) is 36.8 Å². The van der Waals surface area contributed by atoms with Crippen LogP contribution in [0.1, 0.15) is 62.6 Å². The molecule has 0 radical (unpaired) electrons. The van der Waals surface area contributed by atoms with E-state index in [2.05, 4.69) is 5.32 Å². The van der Waals surface area contributed by atoms with Crippen molar-refractivity contribution in [2.45, 2.75) is 64.0 Å². The van der Waals surface area contributed by atoms with Gasteiger partial charge in [0.2, 0.25) is 0 Å². The zero-order valence-electron chi connectivity index (χ0n) is 13.5. The largest absolute Gasteiger partial charge is 0.373 e. The molecule has 1 aromatic carbocycles. The summed E-state index contributed by atoms with van der Waals surface area (Å²) in [5.41, 5.74) is 1.55. The van der Waals surface area contributed by atoms with Gasteiger partial charge in [0.1, 0.15) is 5.82 Å². The van der Waals surface area contributed by atoms with Crippen LogP contribution in [0.5, 0.6) is 0 Å². The number of benzene rings is 1. The summed E-state index contributed by atoms with van der Waals surface area (Å²) in [6.07, 6.45) is 6.82. The Labute approximate surface area is 128 Å². The monoisotopic (exact) mass is 293 g/mol. The quantitative estimate of drug-likeness (QED) is 0.806. The molecule has 21 heavy (non-hydrogen) atoms. The summed E-state index contributed by atoms with van der Waals surface area (Å²) in [6, 6.07) is 5.27. The van der Waals surface area contributed by atoms with Gasteiger partial charge in [0.15, 0.2) is 0 Å². The van der Waals surface area contributed by atoms with E-state index >= 15 is 0 Å². The Morgan fingerprint density at radius 3 is 2.48 bits per heavy atom. The van der Waals surface area contributed by atoms with E-state index in [4.69, 9.17) is 4.74 Å². The first-order valence-electron chi connectivity index (χ1n) is 8.20. The molecule has 1 fully saturated rings. The third-order valence-electron chi connectivity index (χ3n) is 4.66. The molecule has 0 saturated heterocycles. The summed E-state index contributed by atoms with van der Waals surface area (Å²) in [6.45, 7) is 4.72. The van der Waals surface area contributed by atoms with Gasteiger partial charge in [0, 0.05) is 12.2 Å². The SMILES string of the molecule is CCOC1(C(NC)c2cc(C)ccc2F)CCCCCC1. The summed E-state index contributed by atoms with van der Waals surface area (Å²) in [4.78, 5) is 0. The highest BCUT2D eigenvalue weighted by Crippen LogP contribution is 2.41. The van der Waals surface area contributed by atoms with Crippen LogP contribution in [0.2, 0.25) is 0 Å². The number of hydrogen-bond donors (Lipinski definition) is 1. The topological polar surface area (TPSA) is 21.3 Å². The van der Waals surface area contributed by atoms with Crippen molar-refractivity contribution < 1.29 is 9.13 Å². The van der Waals surface area contributed by atoms with Gasteiger partial charge in [-0.1, -0.05) is 43.4 Å². The summed E-state index contributed by atoms with van der Waals surface area (Å²) in [5.74, 6) is -0.136. The van der Waals surface area contributed by atoms with Gasteiger partial charge in [-0.3, -0.25) is 0 Å². The minimum Gasteiger partial charge on any atom is -0.373 e. The maximum absolute atomic E-state index is 14.4. The van der Waals surface area contributed by atoms with Crippen molar-refractivity contribution in [3.05, 3.63) is 35.1 Å². The van der Waals surface area contributed by atoms with Crippen LogP contribution in [-0.4, -0.2) is 19.3 Å². The maximum atomic E-state index is 14.4. The summed E-state index contributed by atoms with van der Waals surface area (Å²) >= 11 is 0. The zero-order chi connectivity index (χ0) is 15.3. The second-order valence-corrected chi connectivity index (χ2v) is 6.16. The lowest BCUT2D eigenvalue weighted by Crippen LogP contribution is -2.45. The highest BCUT2D eigenvalue weighted by molar-refractivity contribution is 5.29.